The molecule has 2 aromatic rings. The number of hydrogen-bond donors (Lipinski definition) is 3. The second-order valence-electron chi connectivity index (χ2n) is 5.25. The summed E-state index contributed by atoms with van der Waals surface area (Å²) < 4.78 is 27.1. The first-order valence-corrected chi connectivity index (χ1v) is 6.47. The van der Waals surface area contributed by atoms with E-state index in [2.05, 4.69) is 15.6 Å². The van der Waals surface area contributed by atoms with Crippen LogP contribution in [0.3, 0.4) is 0 Å². The minimum atomic E-state index is -1.12. The SMILES string of the molecule is CC1(NC(=O)c2cc3cc(Cl)c(F)c(F)c3[nH]2)CNC1. The minimum absolute atomic E-state index is 0.0612. The molecule has 7 heteroatoms. The van der Waals surface area contributed by atoms with Gasteiger partial charge in [-0.3, -0.25) is 4.79 Å². The van der Waals surface area contributed by atoms with Crippen molar-refractivity contribution in [3.63, 3.8) is 0 Å². The van der Waals surface area contributed by atoms with Gasteiger partial charge in [-0.25, -0.2) is 8.78 Å². The summed E-state index contributed by atoms with van der Waals surface area (Å²) in [5, 5.41) is 5.94. The van der Waals surface area contributed by atoms with Crippen molar-refractivity contribution < 1.29 is 13.6 Å². The second-order valence-corrected chi connectivity index (χ2v) is 5.66. The van der Waals surface area contributed by atoms with Crippen molar-refractivity contribution in [2.45, 2.75) is 12.5 Å². The van der Waals surface area contributed by atoms with Crippen LogP contribution in [0.2, 0.25) is 5.02 Å². The molecule has 3 rings (SSSR count). The molecule has 2 heterocycles. The molecule has 1 aliphatic heterocycles. The third-order valence-electron chi connectivity index (χ3n) is 3.44. The molecular formula is C13H12ClF2N3O. The quantitative estimate of drug-likeness (QED) is 0.745. The molecule has 1 aliphatic rings. The van der Waals surface area contributed by atoms with Crippen LogP contribution in [-0.2, 0) is 0 Å². The van der Waals surface area contributed by atoms with Crippen LogP contribution in [0.15, 0.2) is 12.1 Å². The maximum Gasteiger partial charge on any atom is 0.268 e. The van der Waals surface area contributed by atoms with E-state index < -0.39 is 11.6 Å². The molecule has 4 nitrogen and oxygen atoms in total. The van der Waals surface area contributed by atoms with Crippen LogP contribution < -0.4 is 10.6 Å². The molecule has 0 spiro atoms. The van der Waals surface area contributed by atoms with E-state index in [0.29, 0.717) is 18.5 Å². The van der Waals surface area contributed by atoms with Crippen molar-refractivity contribution in [2.24, 2.45) is 0 Å². The van der Waals surface area contributed by atoms with Gasteiger partial charge in [0.1, 0.15) is 5.69 Å². The van der Waals surface area contributed by atoms with Crippen LogP contribution in [0, 0.1) is 11.6 Å². The van der Waals surface area contributed by atoms with Crippen LogP contribution in [0.1, 0.15) is 17.4 Å². The topological polar surface area (TPSA) is 56.9 Å². The molecule has 1 amide bonds. The van der Waals surface area contributed by atoms with Crippen LogP contribution in [-0.4, -0.2) is 29.5 Å². The number of amides is 1. The van der Waals surface area contributed by atoms with Crippen molar-refractivity contribution in [1.29, 1.82) is 0 Å². The maximum atomic E-state index is 13.7. The summed E-state index contributed by atoms with van der Waals surface area (Å²) in [4.78, 5) is 14.7. The van der Waals surface area contributed by atoms with Crippen LogP contribution in [0.5, 0.6) is 0 Å². The van der Waals surface area contributed by atoms with E-state index in [0.717, 1.165) is 0 Å². The predicted octanol–water partition coefficient (Wildman–Crippen LogP) is 2.19. The lowest BCUT2D eigenvalue weighted by Gasteiger charge is -2.39. The zero-order chi connectivity index (χ0) is 14.5. The summed E-state index contributed by atoms with van der Waals surface area (Å²) in [5.74, 6) is -2.56. The number of hydrogen-bond acceptors (Lipinski definition) is 2. The van der Waals surface area contributed by atoms with Gasteiger partial charge in [-0.15, -0.1) is 0 Å². The molecule has 0 saturated carbocycles. The Balaban J connectivity index is 1.96. The van der Waals surface area contributed by atoms with Gasteiger partial charge in [0.15, 0.2) is 11.6 Å². The zero-order valence-electron chi connectivity index (χ0n) is 10.6. The molecule has 0 bridgehead atoms. The third-order valence-corrected chi connectivity index (χ3v) is 3.72. The molecule has 0 atom stereocenters. The number of nitrogens with one attached hydrogen (secondary N) is 3. The fraction of sp³-hybridized carbons (Fsp3) is 0.308. The summed E-state index contributed by atoms with van der Waals surface area (Å²) in [6.07, 6.45) is 0. The molecule has 1 fully saturated rings. The van der Waals surface area contributed by atoms with Gasteiger partial charge in [0.05, 0.1) is 16.1 Å². The largest absolute Gasteiger partial charge is 0.348 e. The Hall–Kier alpha value is -1.66. The molecule has 1 aromatic heterocycles. The highest BCUT2D eigenvalue weighted by atomic mass is 35.5. The number of fused-ring (bicyclic) bond motifs is 1. The Morgan fingerprint density at radius 3 is 2.65 bits per heavy atom. The van der Waals surface area contributed by atoms with E-state index in [-0.39, 0.29) is 27.7 Å². The van der Waals surface area contributed by atoms with E-state index in [4.69, 9.17) is 11.6 Å². The van der Waals surface area contributed by atoms with Crippen molar-refractivity contribution in [1.82, 2.24) is 15.6 Å². The Morgan fingerprint density at radius 2 is 2.05 bits per heavy atom. The van der Waals surface area contributed by atoms with E-state index in [1.807, 2.05) is 6.92 Å². The van der Waals surface area contributed by atoms with Crippen molar-refractivity contribution in [3.05, 3.63) is 34.5 Å². The monoisotopic (exact) mass is 299 g/mol. The molecule has 20 heavy (non-hydrogen) atoms. The highest BCUT2D eigenvalue weighted by molar-refractivity contribution is 6.31. The van der Waals surface area contributed by atoms with Crippen molar-refractivity contribution >= 4 is 28.4 Å². The molecule has 3 N–H and O–H groups in total. The fourth-order valence-electron chi connectivity index (χ4n) is 2.23. The summed E-state index contributed by atoms with van der Waals surface area (Å²) in [6.45, 7) is 3.25. The van der Waals surface area contributed by atoms with Crippen LogP contribution >= 0.6 is 11.6 Å². The highest BCUT2D eigenvalue weighted by Crippen LogP contribution is 2.27. The number of halogens is 3. The normalized spacial score (nSPS) is 17.0. The number of benzene rings is 1. The Morgan fingerprint density at radius 1 is 1.35 bits per heavy atom. The summed E-state index contributed by atoms with van der Waals surface area (Å²) in [5.41, 5.74) is -0.196. The molecule has 0 aliphatic carbocycles. The zero-order valence-corrected chi connectivity index (χ0v) is 11.4. The minimum Gasteiger partial charge on any atom is -0.348 e. The van der Waals surface area contributed by atoms with Gasteiger partial charge >= 0.3 is 0 Å². The van der Waals surface area contributed by atoms with Gasteiger partial charge in [0.25, 0.3) is 5.91 Å². The van der Waals surface area contributed by atoms with Crippen molar-refractivity contribution in [3.8, 4) is 0 Å². The molecule has 1 saturated heterocycles. The van der Waals surface area contributed by atoms with Crippen LogP contribution in [0.4, 0.5) is 8.78 Å². The van der Waals surface area contributed by atoms with Gasteiger partial charge in [-0.2, -0.15) is 0 Å². The van der Waals surface area contributed by atoms with Crippen molar-refractivity contribution in [2.75, 3.05) is 13.1 Å². The number of rotatable bonds is 2. The van der Waals surface area contributed by atoms with E-state index in [1.54, 1.807) is 0 Å². The fourth-order valence-corrected chi connectivity index (χ4v) is 2.43. The smallest absolute Gasteiger partial charge is 0.268 e. The molecule has 1 aromatic carbocycles. The lowest BCUT2D eigenvalue weighted by molar-refractivity contribution is 0.0868. The number of H-pyrrole nitrogens is 1. The number of aromatic amines is 1. The first kappa shape index (κ1) is 13.3. The first-order valence-electron chi connectivity index (χ1n) is 6.09. The van der Waals surface area contributed by atoms with E-state index in [9.17, 15) is 13.6 Å². The Bertz CT molecular complexity index is 709. The van der Waals surface area contributed by atoms with Gasteiger partial charge in [-0.05, 0) is 19.1 Å². The van der Waals surface area contributed by atoms with E-state index >= 15 is 0 Å². The molecule has 0 radical (unpaired) electrons. The lowest BCUT2D eigenvalue weighted by atomic mass is 9.95. The first-order chi connectivity index (χ1) is 9.39. The Labute approximate surface area is 118 Å². The molecular weight excluding hydrogens is 288 g/mol. The predicted molar refractivity (Wildman–Crippen MR) is 72.0 cm³/mol. The third kappa shape index (κ3) is 2.05. The Kier molecular flexibility index (Phi) is 2.95. The average Bonchev–Trinajstić information content (AvgIpc) is 2.78. The van der Waals surface area contributed by atoms with Gasteiger partial charge in [0.2, 0.25) is 0 Å². The maximum absolute atomic E-state index is 13.7. The second kappa shape index (κ2) is 4.43. The standard InChI is InChI=1S/C13H12ClF2N3O/c1-13(4-17-5-13)19-12(20)8-3-6-2-7(14)9(15)10(16)11(6)18-8/h2-3,17-18H,4-5H2,1H3,(H,19,20). The number of aromatic nitrogens is 1. The van der Waals surface area contributed by atoms with Crippen LogP contribution in [0.25, 0.3) is 10.9 Å². The average molecular weight is 300 g/mol. The lowest BCUT2D eigenvalue weighted by Crippen LogP contribution is -2.67. The highest BCUT2D eigenvalue weighted by Gasteiger charge is 2.33. The molecule has 0 unspecified atom stereocenters. The molecule has 106 valence electrons. The summed E-state index contributed by atoms with van der Waals surface area (Å²) >= 11 is 5.58. The number of carbonyl (C=O) groups is 1. The van der Waals surface area contributed by atoms with Gasteiger partial charge < -0.3 is 15.6 Å². The summed E-state index contributed by atoms with van der Waals surface area (Å²) in [7, 11) is 0. The number of carbonyl (C=O) groups excluding carboxylic acids is 1. The van der Waals surface area contributed by atoms with Gasteiger partial charge in [0, 0.05) is 18.5 Å². The summed E-state index contributed by atoms with van der Waals surface area (Å²) in [6, 6.07) is 2.74. The van der Waals surface area contributed by atoms with Gasteiger partial charge in [-0.1, -0.05) is 11.6 Å². The van der Waals surface area contributed by atoms with E-state index in [1.165, 1.54) is 12.1 Å².